The lowest BCUT2D eigenvalue weighted by Gasteiger charge is -2.36. The molecular weight excluding hydrogens is 340 g/mol. The number of nitrogens with zero attached hydrogens (tertiary/aromatic N) is 3. The van der Waals surface area contributed by atoms with E-state index in [-0.39, 0.29) is 11.8 Å². The zero-order valence-electron chi connectivity index (χ0n) is 14.9. The molecule has 1 N–H and O–H groups in total. The van der Waals surface area contributed by atoms with E-state index >= 15 is 0 Å². The molecule has 2 aromatic carbocycles. The van der Waals surface area contributed by atoms with Crippen molar-refractivity contribution in [1.29, 1.82) is 5.26 Å². The maximum Gasteiger partial charge on any atom is 0.253 e. The molecule has 136 valence electrons. The van der Waals surface area contributed by atoms with Gasteiger partial charge in [0.15, 0.2) is 0 Å². The Labute approximate surface area is 158 Å². The second-order valence-corrected chi connectivity index (χ2v) is 6.21. The number of anilines is 2. The molecule has 0 aliphatic carbocycles. The molecule has 1 fully saturated rings. The van der Waals surface area contributed by atoms with Crippen LogP contribution in [0.1, 0.15) is 15.9 Å². The van der Waals surface area contributed by atoms with Crippen LogP contribution in [0.4, 0.5) is 11.4 Å². The van der Waals surface area contributed by atoms with Crippen LogP contribution in [0.15, 0.2) is 61.2 Å². The fraction of sp³-hybridized carbons (Fsp3) is 0.190. The van der Waals surface area contributed by atoms with Gasteiger partial charge in [-0.1, -0.05) is 6.58 Å². The van der Waals surface area contributed by atoms with E-state index in [1.54, 1.807) is 36.4 Å². The van der Waals surface area contributed by atoms with Gasteiger partial charge >= 0.3 is 0 Å². The number of amides is 2. The minimum Gasteiger partial charge on any atom is -0.368 e. The monoisotopic (exact) mass is 360 g/mol. The van der Waals surface area contributed by atoms with Crippen LogP contribution in [0.5, 0.6) is 0 Å². The van der Waals surface area contributed by atoms with Crippen LogP contribution in [0.3, 0.4) is 0 Å². The van der Waals surface area contributed by atoms with Crippen molar-refractivity contribution in [2.24, 2.45) is 0 Å². The lowest BCUT2D eigenvalue weighted by atomic mass is 10.1. The van der Waals surface area contributed by atoms with Crippen molar-refractivity contribution >= 4 is 23.2 Å². The van der Waals surface area contributed by atoms with Crippen molar-refractivity contribution in [3.63, 3.8) is 0 Å². The highest BCUT2D eigenvalue weighted by molar-refractivity contribution is 5.99. The lowest BCUT2D eigenvalue weighted by molar-refractivity contribution is -0.111. The van der Waals surface area contributed by atoms with Gasteiger partial charge in [0.2, 0.25) is 5.91 Å². The van der Waals surface area contributed by atoms with Gasteiger partial charge < -0.3 is 15.1 Å². The van der Waals surface area contributed by atoms with Crippen molar-refractivity contribution < 1.29 is 9.59 Å². The maximum atomic E-state index is 12.7. The molecule has 2 amide bonds. The fourth-order valence-corrected chi connectivity index (χ4v) is 2.99. The minimum atomic E-state index is -0.284. The number of nitriles is 1. The van der Waals surface area contributed by atoms with Crippen molar-refractivity contribution in [3.05, 3.63) is 72.3 Å². The summed E-state index contributed by atoms with van der Waals surface area (Å²) in [5, 5.41) is 11.5. The number of hydrogen-bond donors (Lipinski definition) is 1. The highest BCUT2D eigenvalue weighted by atomic mass is 16.2. The number of benzene rings is 2. The SMILES string of the molecule is C=CC(=O)Nc1ccc(C(=O)N2CCN(c3ccc(C#N)cc3)CC2)cc1. The van der Waals surface area contributed by atoms with Crippen molar-refractivity contribution in [1.82, 2.24) is 4.90 Å². The van der Waals surface area contributed by atoms with Gasteiger partial charge in [-0.05, 0) is 54.6 Å². The van der Waals surface area contributed by atoms with E-state index in [0.29, 0.717) is 29.9 Å². The molecule has 0 atom stereocenters. The minimum absolute atomic E-state index is 0.0175. The first kappa shape index (κ1) is 18.2. The average molecular weight is 360 g/mol. The van der Waals surface area contributed by atoms with Crippen LogP contribution in [0, 0.1) is 11.3 Å². The van der Waals surface area contributed by atoms with E-state index in [1.807, 2.05) is 17.0 Å². The Hall–Kier alpha value is -3.59. The van der Waals surface area contributed by atoms with E-state index in [9.17, 15) is 9.59 Å². The predicted molar refractivity (Wildman–Crippen MR) is 105 cm³/mol. The number of carbonyl (C=O) groups excluding carboxylic acids is 2. The smallest absolute Gasteiger partial charge is 0.253 e. The van der Waals surface area contributed by atoms with Gasteiger partial charge in [-0.25, -0.2) is 0 Å². The summed E-state index contributed by atoms with van der Waals surface area (Å²) in [4.78, 5) is 28.0. The molecule has 0 saturated carbocycles. The second kappa shape index (κ2) is 8.19. The predicted octanol–water partition coefficient (Wildman–Crippen LogP) is 2.65. The number of hydrogen-bond acceptors (Lipinski definition) is 4. The number of piperazine rings is 1. The van der Waals surface area contributed by atoms with Gasteiger partial charge in [0, 0.05) is 43.1 Å². The zero-order valence-corrected chi connectivity index (χ0v) is 14.9. The van der Waals surface area contributed by atoms with Crippen LogP contribution in [0.25, 0.3) is 0 Å². The van der Waals surface area contributed by atoms with Crippen molar-refractivity contribution in [3.8, 4) is 6.07 Å². The molecule has 6 nitrogen and oxygen atoms in total. The van der Waals surface area contributed by atoms with Gasteiger partial charge in [0.05, 0.1) is 11.6 Å². The first-order valence-corrected chi connectivity index (χ1v) is 8.68. The Morgan fingerprint density at radius 1 is 1.00 bits per heavy atom. The van der Waals surface area contributed by atoms with Gasteiger partial charge in [0.1, 0.15) is 0 Å². The molecule has 1 aliphatic heterocycles. The van der Waals surface area contributed by atoms with E-state index in [0.717, 1.165) is 18.8 Å². The molecule has 0 spiro atoms. The van der Waals surface area contributed by atoms with Gasteiger partial charge in [-0.3, -0.25) is 9.59 Å². The average Bonchev–Trinajstić information content (AvgIpc) is 2.74. The molecule has 0 bridgehead atoms. The standard InChI is InChI=1S/C21H20N4O2/c1-2-20(26)23-18-7-5-17(6-8-18)21(27)25-13-11-24(12-14-25)19-9-3-16(15-22)4-10-19/h2-10H,1,11-14H2,(H,23,26). The Bertz CT molecular complexity index is 874. The fourth-order valence-electron chi connectivity index (χ4n) is 2.99. The van der Waals surface area contributed by atoms with Crippen LogP contribution < -0.4 is 10.2 Å². The molecule has 1 heterocycles. The Morgan fingerprint density at radius 2 is 1.63 bits per heavy atom. The molecular formula is C21H20N4O2. The molecule has 0 aromatic heterocycles. The van der Waals surface area contributed by atoms with Crippen molar-refractivity contribution in [2.75, 3.05) is 36.4 Å². The lowest BCUT2D eigenvalue weighted by Crippen LogP contribution is -2.48. The van der Waals surface area contributed by atoms with Crippen LogP contribution in [-0.2, 0) is 4.79 Å². The van der Waals surface area contributed by atoms with E-state index in [1.165, 1.54) is 6.08 Å². The molecule has 3 rings (SSSR count). The summed E-state index contributed by atoms with van der Waals surface area (Å²) in [6.45, 7) is 6.16. The molecule has 1 aliphatic rings. The second-order valence-electron chi connectivity index (χ2n) is 6.21. The quantitative estimate of drug-likeness (QED) is 0.851. The molecule has 6 heteroatoms. The summed E-state index contributed by atoms with van der Waals surface area (Å²) in [5.74, 6) is -0.302. The molecule has 0 radical (unpaired) electrons. The summed E-state index contributed by atoms with van der Waals surface area (Å²) in [5.41, 5.74) is 2.92. The maximum absolute atomic E-state index is 12.7. The first-order valence-electron chi connectivity index (χ1n) is 8.68. The van der Waals surface area contributed by atoms with Crippen LogP contribution in [-0.4, -0.2) is 42.9 Å². The third-order valence-corrected chi connectivity index (χ3v) is 4.51. The van der Waals surface area contributed by atoms with Crippen LogP contribution >= 0.6 is 0 Å². The van der Waals surface area contributed by atoms with Crippen molar-refractivity contribution in [2.45, 2.75) is 0 Å². The highest BCUT2D eigenvalue weighted by Gasteiger charge is 2.22. The number of rotatable bonds is 4. The number of nitrogens with one attached hydrogen (secondary N) is 1. The van der Waals surface area contributed by atoms with Gasteiger partial charge in [0.25, 0.3) is 5.91 Å². The summed E-state index contributed by atoms with van der Waals surface area (Å²) in [6, 6.07) is 16.5. The normalized spacial score (nSPS) is 13.6. The number of carbonyl (C=O) groups is 2. The summed E-state index contributed by atoms with van der Waals surface area (Å²) in [7, 11) is 0. The summed E-state index contributed by atoms with van der Waals surface area (Å²) in [6.07, 6.45) is 1.20. The Morgan fingerprint density at radius 3 is 2.19 bits per heavy atom. The summed E-state index contributed by atoms with van der Waals surface area (Å²) < 4.78 is 0. The van der Waals surface area contributed by atoms with E-state index < -0.39 is 0 Å². The molecule has 27 heavy (non-hydrogen) atoms. The third-order valence-electron chi connectivity index (χ3n) is 4.51. The third kappa shape index (κ3) is 4.33. The Kier molecular flexibility index (Phi) is 5.53. The molecule has 2 aromatic rings. The topological polar surface area (TPSA) is 76.4 Å². The molecule has 0 unspecified atom stereocenters. The van der Waals surface area contributed by atoms with Gasteiger partial charge in [-0.2, -0.15) is 5.26 Å². The Balaban J connectivity index is 1.58. The largest absolute Gasteiger partial charge is 0.368 e. The summed E-state index contributed by atoms with van der Waals surface area (Å²) >= 11 is 0. The van der Waals surface area contributed by atoms with Crippen LogP contribution in [0.2, 0.25) is 0 Å². The first-order chi connectivity index (χ1) is 13.1. The van der Waals surface area contributed by atoms with Gasteiger partial charge in [-0.15, -0.1) is 0 Å². The highest BCUT2D eigenvalue weighted by Crippen LogP contribution is 2.19. The van der Waals surface area contributed by atoms with E-state index in [4.69, 9.17) is 5.26 Å². The molecule has 1 saturated heterocycles. The zero-order chi connectivity index (χ0) is 19.2. The van der Waals surface area contributed by atoms with E-state index in [2.05, 4.69) is 22.9 Å².